The molecule has 4 N–H and O–H groups in total. The van der Waals surface area contributed by atoms with Gasteiger partial charge in [0.05, 0.1) is 18.0 Å². The first-order valence-electron chi connectivity index (χ1n) is 9.53. The number of benzene rings is 2. The molecule has 0 unspecified atom stereocenters. The molecule has 0 radical (unpaired) electrons. The van der Waals surface area contributed by atoms with Crippen molar-refractivity contribution in [2.24, 2.45) is 0 Å². The van der Waals surface area contributed by atoms with Gasteiger partial charge in [0.25, 0.3) is 0 Å². The highest BCUT2D eigenvalue weighted by Crippen LogP contribution is 2.32. The van der Waals surface area contributed by atoms with Crippen LogP contribution >= 0.6 is 22.6 Å². The molecule has 0 spiro atoms. The second kappa shape index (κ2) is 10.3. The Morgan fingerprint density at radius 2 is 1.77 bits per heavy atom. The fraction of sp³-hybridized carbons (Fsp3) is 0.368. The standard InChI is InChI=1S/C19H22F3IN4O3S/c20-12-9-16(22)19(18(10-12)25-17-2-1-13(23)11-15(17)21)26-31(29,30)27-6-3-14(4-7-27)24-5-8-28/h1-2,9-11,14,24-26,28H,3-8H2. The van der Waals surface area contributed by atoms with Crippen molar-refractivity contribution < 1.29 is 26.7 Å². The van der Waals surface area contributed by atoms with E-state index in [9.17, 15) is 21.6 Å². The summed E-state index contributed by atoms with van der Waals surface area (Å²) in [6.45, 7) is 0.785. The Kier molecular flexibility index (Phi) is 8.02. The van der Waals surface area contributed by atoms with E-state index in [1.807, 2.05) is 22.6 Å². The van der Waals surface area contributed by atoms with E-state index < -0.39 is 33.3 Å². The lowest BCUT2D eigenvalue weighted by atomic mass is 10.1. The van der Waals surface area contributed by atoms with Gasteiger partial charge in [0.15, 0.2) is 5.82 Å². The van der Waals surface area contributed by atoms with Crippen molar-refractivity contribution in [3.05, 3.63) is 51.4 Å². The van der Waals surface area contributed by atoms with Gasteiger partial charge in [0.2, 0.25) is 0 Å². The van der Waals surface area contributed by atoms with Crippen molar-refractivity contribution >= 4 is 49.9 Å². The molecular weight excluding hydrogens is 548 g/mol. The van der Waals surface area contributed by atoms with Crippen LogP contribution in [0.5, 0.6) is 0 Å². The third-order valence-electron chi connectivity index (χ3n) is 4.83. The number of aliphatic hydroxyl groups excluding tert-OH is 1. The van der Waals surface area contributed by atoms with Gasteiger partial charge in [-0.1, -0.05) is 0 Å². The zero-order chi connectivity index (χ0) is 22.6. The minimum Gasteiger partial charge on any atom is -0.395 e. The van der Waals surface area contributed by atoms with Gasteiger partial charge in [-0.05, 0) is 59.7 Å². The molecule has 0 aliphatic carbocycles. The molecule has 0 saturated carbocycles. The Labute approximate surface area is 192 Å². The third-order valence-corrected chi connectivity index (χ3v) is 7.00. The molecule has 0 aromatic heterocycles. The van der Waals surface area contributed by atoms with E-state index in [0.717, 1.165) is 6.07 Å². The molecule has 7 nitrogen and oxygen atoms in total. The van der Waals surface area contributed by atoms with Gasteiger partial charge in [0, 0.05) is 35.3 Å². The van der Waals surface area contributed by atoms with Crippen LogP contribution in [0.3, 0.4) is 0 Å². The number of halogens is 4. The van der Waals surface area contributed by atoms with Gasteiger partial charge in [-0.25, -0.2) is 13.2 Å². The smallest absolute Gasteiger partial charge is 0.301 e. The molecule has 2 aromatic rings. The number of hydrogen-bond acceptors (Lipinski definition) is 5. The fourth-order valence-corrected chi connectivity index (χ4v) is 5.01. The zero-order valence-corrected chi connectivity index (χ0v) is 19.3. The van der Waals surface area contributed by atoms with Gasteiger partial charge in [-0.3, -0.25) is 4.72 Å². The second-order valence-electron chi connectivity index (χ2n) is 7.02. The summed E-state index contributed by atoms with van der Waals surface area (Å²) < 4.78 is 72.2. The SMILES string of the molecule is O=S(=O)(Nc1c(F)cc(F)cc1Nc1ccc(I)cc1F)N1CCC(NCCO)CC1. The molecule has 31 heavy (non-hydrogen) atoms. The highest BCUT2D eigenvalue weighted by Gasteiger charge is 2.29. The Balaban J connectivity index is 1.80. The van der Waals surface area contributed by atoms with Crippen LogP contribution in [0.25, 0.3) is 0 Å². The number of rotatable bonds is 8. The summed E-state index contributed by atoms with van der Waals surface area (Å²) in [5.41, 5.74) is -0.804. The second-order valence-corrected chi connectivity index (χ2v) is 9.93. The summed E-state index contributed by atoms with van der Waals surface area (Å²) in [6, 6.07) is 5.74. The Morgan fingerprint density at radius 3 is 2.42 bits per heavy atom. The van der Waals surface area contributed by atoms with E-state index in [0.29, 0.717) is 29.0 Å². The lowest BCUT2D eigenvalue weighted by molar-refractivity contribution is 0.253. The zero-order valence-electron chi connectivity index (χ0n) is 16.3. The van der Waals surface area contributed by atoms with Gasteiger partial charge in [0.1, 0.15) is 17.3 Å². The molecule has 1 heterocycles. The maximum Gasteiger partial charge on any atom is 0.301 e. The van der Waals surface area contributed by atoms with Gasteiger partial charge in [-0.2, -0.15) is 12.7 Å². The lowest BCUT2D eigenvalue weighted by Gasteiger charge is -2.32. The van der Waals surface area contributed by atoms with Crippen LogP contribution in [0.4, 0.5) is 30.2 Å². The van der Waals surface area contributed by atoms with E-state index in [4.69, 9.17) is 5.11 Å². The topological polar surface area (TPSA) is 93.7 Å². The quantitative estimate of drug-likeness (QED) is 0.366. The first-order valence-corrected chi connectivity index (χ1v) is 12.0. The third kappa shape index (κ3) is 6.22. The van der Waals surface area contributed by atoms with Crippen LogP contribution in [-0.2, 0) is 10.2 Å². The normalized spacial score (nSPS) is 15.8. The van der Waals surface area contributed by atoms with Crippen LogP contribution in [-0.4, -0.2) is 50.1 Å². The molecule has 3 rings (SSSR count). The molecule has 0 bridgehead atoms. The Bertz CT molecular complexity index is 1030. The predicted molar refractivity (Wildman–Crippen MR) is 121 cm³/mol. The number of piperidine rings is 1. The average molecular weight is 570 g/mol. The Morgan fingerprint density at radius 1 is 1.06 bits per heavy atom. The molecular formula is C19H22F3IN4O3S. The van der Waals surface area contributed by atoms with E-state index in [1.54, 1.807) is 6.07 Å². The summed E-state index contributed by atoms with van der Waals surface area (Å²) in [4.78, 5) is 0. The number of nitrogens with one attached hydrogen (secondary N) is 3. The van der Waals surface area contributed by atoms with Crippen molar-refractivity contribution in [2.75, 3.05) is 36.3 Å². The maximum atomic E-state index is 14.5. The van der Waals surface area contributed by atoms with E-state index in [2.05, 4.69) is 15.4 Å². The molecule has 1 fully saturated rings. The molecule has 1 aliphatic rings. The fourth-order valence-electron chi connectivity index (χ4n) is 3.27. The van der Waals surface area contributed by atoms with E-state index in [-0.39, 0.29) is 37.1 Å². The minimum absolute atomic E-state index is 0.0130. The van der Waals surface area contributed by atoms with Crippen molar-refractivity contribution in [1.29, 1.82) is 0 Å². The first-order chi connectivity index (χ1) is 14.7. The predicted octanol–water partition coefficient (Wildman–Crippen LogP) is 3.16. The summed E-state index contributed by atoms with van der Waals surface area (Å²) in [7, 11) is -4.14. The molecule has 1 saturated heterocycles. The number of anilines is 3. The van der Waals surface area contributed by atoms with Crippen molar-refractivity contribution in [3.63, 3.8) is 0 Å². The molecule has 0 atom stereocenters. The largest absolute Gasteiger partial charge is 0.395 e. The van der Waals surface area contributed by atoms with Crippen LogP contribution in [0.1, 0.15) is 12.8 Å². The van der Waals surface area contributed by atoms with Crippen molar-refractivity contribution in [3.8, 4) is 0 Å². The summed E-state index contributed by atoms with van der Waals surface area (Å²) >= 11 is 1.92. The molecule has 2 aromatic carbocycles. The minimum atomic E-state index is -4.14. The molecule has 12 heteroatoms. The van der Waals surface area contributed by atoms with E-state index in [1.165, 1.54) is 16.4 Å². The average Bonchev–Trinajstić information content (AvgIpc) is 2.71. The van der Waals surface area contributed by atoms with Crippen LogP contribution < -0.4 is 15.4 Å². The highest BCUT2D eigenvalue weighted by molar-refractivity contribution is 14.1. The number of aliphatic hydroxyl groups is 1. The van der Waals surface area contributed by atoms with Gasteiger partial charge >= 0.3 is 10.2 Å². The van der Waals surface area contributed by atoms with Gasteiger partial charge < -0.3 is 15.7 Å². The molecule has 1 aliphatic heterocycles. The summed E-state index contributed by atoms with van der Waals surface area (Å²) in [5.74, 6) is -2.72. The van der Waals surface area contributed by atoms with Crippen LogP contribution in [0.2, 0.25) is 0 Å². The Hall–Kier alpha value is -1.61. The van der Waals surface area contributed by atoms with Gasteiger partial charge in [-0.15, -0.1) is 0 Å². The maximum absolute atomic E-state index is 14.5. The summed E-state index contributed by atoms with van der Waals surface area (Å²) in [5, 5.41) is 14.6. The molecule has 170 valence electrons. The van der Waals surface area contributed by atoms with E-state index >= 15 is 0 Å². The monoisotopic (exact) mass is 570 g/mol. The number of hydrogen-bond donors (Lipinski definition) is 4. The summed E-state index contributed by atoms with van der Waals surface area (Å²) in [6.07, 6.45) is 1.04. The first kappa shape index (κ1) is 24.0. The van der Waals surface area contributed by atoms with Crippen molar-refractivity contribution in [1.82, 2.24) is 9.62 Å². The molecule has 0 amide bonds. The lowest BCUT2D eigenvalue weighted by Crippen LogP contribution is -2.47. The van der Waals surface area contributed by atoms with Crippen molar-refractivity contribution in [2.45, 2.75) is 18.9 Å². The number of nitrogens with zero attached hydrogens (tertiary/aromatic N) is 1. The van der Waals surface area contributed by atoms with Crippen LogP contribution in [0.15, 0.2) is 30.3 Å². The highest BCUT2D eigenvalue weighted by atomic mass is 127. The van der Waals surface area contributed by atoms with Crippen LogP contribution in [0, 0.1) is 21.0 Å².